The van der Waals surface area contributed by atoms with E-state index in [1.807, 2.05) is 30.4 Å². The molecule has 4 rings (SSSR count). The van der Waals surface area contributed by atoms with Gasteiger partial charge in [-0.3, -0.25) is 4.79 Å². The summed E-state index contributed by atoms with van der Waals surface area (Å²) in [4.78, 5) is 12.1. The monoisotopic (exact) mass is 480 g/mol. The predicted octanol–water partition coefficient (Wildman–Crippen LogP) is 6.57. The van der Waals surface area contributed by atoms with E-state index in [1.165, 1.54) is 18.4 Å². The van der Waals surface area contributed by atoms with Crippen molar-refractivity contribution in [3.63, 3.8) is 0 Å². The van der Waals surface area contributed by atoms with Gasteiger partial charge in [0.2, 0.25) is 5.91 Å². The molecule has 0 aliphatic rings. The van der Waals surface area contributed by atoms with Gasteiger partial charge < -0.3 is 15.0 Å². The number of fused-ring (bicyclic) bond motifs is 1. The zero-order chi connectivity index (χ0) is 24.8. The maximum atomic E-state index is 13.0. The van der Waals surface area contributed by atoms with Crippen LogP contribution in [0.15, 0.2) is 83.6 Å². The molecule has 1 heterocycles. The maximum absolute atomic E-state index is 13.0. The summed E-state index contributed by atoms with van der Waals surface area (Å²) in [6.45, 7) is 0.365. The van der Waals surface area contributed by atoms with Gasteiger partial charge in [0.25, 0.3) is 5.88 Å². The van der Waals surface area contributed by atoms with Crippen molar-refractivity contribution in [3.8, 4) is 17.0 Å². The number of halogens is 3. The number of carbonyl (C=O) groups excluding carboxylic acids is 1. The number of nitrogens with two attached hydrogens (primary N) is 1. The van der Waals surface area contributed by atoms with Gasteiger partial charge in [-0.1, -0.05) is 48.6 Å². The molecule has 0 unspecified atom stereocenters. The fourth-order valence-electron chi connectivity index (χ4n) is 4.00. The molecule has 0 atom stereocenters. The lowest BCUT2D eigenvalue weighted by molar-refractivity contribution is -0.137. The Hall–Kier alpha value is -4.07. The van der Waals surface area contributed by atoms with Crippen molar-refractivity contribution in [2.24, 2.45) is 5.73 Å². The van der Waals surface area contributed by atoms with Crippen LogP contribution in [0.25, 0.3) is 21.9 Å². The van der Waals surface area contributed by atoms with E-state index in [1.54, 1.807) is 18.2 Å². The maximum Gasteiger partial charge on any atom is 0.416 e. The van der Waals surface area contributed by atoms with E-state index in [-0.39, 0.29) is 0 Å². The second kappa shape index (κ2) is 10.5. The summed E-state index contributed by atoms with van der Waals surface area (Å²) in [6.07, 6.45) is 3.05. The lowest BCUT2D eigenvalue weighted by atomic mass is 9.90. The van der Waals surface area contributed by atoms with E-state index in [0.29, 0.717) is 30.0 Å². The molecule has 0 saturated heterocycles. The van der Waals surface area contributed by atoms with Crippen LogP contribution in [-0.2, 0) is 12.6 Å². The second-order valence-electron chi connectivity index (χ2n) is 7.94. The molecular formula is C27H23F3N2O3. The van der Waals surface area contributed by atoms with Crippen molar-refractivity contribution in [1.82, 2.24) is 5.16 Å². The zero-order valence-electron chi connectivity index (χ0n) is 18.7. The lowest BCUT2D eigenvalue weighted by Gasteiger charge is -2.14. The largest absolute Gasteiger partial charge is 0.471 e. The molecule has 0 aliphatic carbocycles. The molecule has 2 N–H and O–H groups in total. The van der Waals surface area contributed by atoms with Crippen LogP contribution in [0.2, 0.25) is 0 Å². The minimum atomic E-state index is -4.39. The molecule has 1 amide bonds. The Morgan fingerprint density at radius 1 is 1.00 bits per heavy atom. The Bertz CT molecular complexity index is 1330. The number of primary amides is 1. The number of unbranched alkanes of at least 4 members (excludes halogenated alkanes) is 1. The third kappa shape index (κ3) is 5.71. The molecule has 0 spiro atoms. The fraction of sp³-hybridized carbons (Fsp3) is 0.185. The summed E-state index contributed by atoms with van der Waals surface area (Å²) in [5, 5.41) is 5.37. The molecule has 4 aromatic rings. The average molecular weight is 480 g/mol. The quantitative estimate of drug-likeness (QED) is 0.217. The number of carbonyl (C=O) groups is 1. The third-order valence-corrected chi connectivity index (χ3v) is 5.67. The number of benzene rings is 3. The summed E-state index contributed by atoms with van der Waals surface area (Å²) < 4.78 is 49.0. The number of hydrogen-bond acceptors (Lipinski definition) is 4. The number of aryl methyl sites for hydroxylation is 1. The normalized spacial score (nSPS) is 11.9. The van der Waals surface area contributed by atoms with Gasteiger partial charge in [0.15, 0.2) is 0 Å². The number of nitrogens with zero attached hydrogens (tertiary/aromatic N) is 1. The summed E-state index contributed by atoms with van der Waals surface area (Å²) in [7, 11) is 0. The molecule has 0 bridgehead atoms. The van der Waals surface area contributed by atoms with E-state index in [2.05, 4.69) is 5.16 Å². The van der Waals surface area contributed by atoms with Crippen LogP contribution in [0.5, 0.6) is 5.88 Å². The van der Waals surface area contributed by atoms with Crippen molar-refractivity contribution in [2.75, 3.05) is 6.61 Å². The van der Waals surface area contributed by atoms with Crippen molar-refractivity contribution in [3.05, 3.63) is 95.8 Å². The smallest absolute Gasteiger partial charge is 0.416 e. The van der Waals surface area contributed by atoms with Crippen LogP contribution >= 0.6 is 0 Å². The number of amides is 1. The molecule has 8 heteroatoms. The first-order valence-corrected chi connectivity index (χ1v) is 11.0. The van der Waals surface area contributed by atoms with Crippen LogP contribution in [-0.4, -0.2) is 17.7 Å². The Morgan fingerprint density at radius 2 is 1.80 bits per heavy atom. The van der Waals surface area contributed by atoms with E-state index in [4.69, 9.17) is 15.0 Å². The highest BCUT2D eigenvalue weighted by molar-refractivity contribution is 6.05. The number of ether oxygens (including phenoxy) is 1. The molecule has 3 aromatic carbocycles. The van der Waals surface area contributed by atoms with Crippen molar-refractivity contribution in [2.45, 2.75) is 25.4 Å². The summed E-state index contributed by atoms with van der Waals surface area (Å²) in [5.74, 6) is -0.0984. The molecule has 5 nitrogen and oxygen atoms in total. The van der Waals surface area contributed by atoms with Gasteiger partial charge in [-0.15, -0.1) is 0 Å². The van der Waals surface area contributed by atoms with Gasteiger partial charge in [0, 0.05) is 11.6 Å². The first kappa shape index (κ1) is 24.1. The summed E-state index contributed by atoms with van der Waals surface area (Å²) in [5.41, 5.74) is 7.67. The average Bonchev–Trinajstić information content (AvgIpc) is 3.36. The Kier molecular flexibility index (Phi) is 7.19. The predicted molar refractivity (Wildman–Crippen MR) is 127 cm³/mol. The summed E-state index contributed by atoms with van der Waals surface area (Å²) in [6, 6.07) is 15.8. The molecule has 0 radical (unpaired) electrons. The molecule has 0 fully saturated rings. The highest BCUT2D eigenvalue weighted by Gasteiger charge is 2.30. The molecule has 1 aromatic heterocycles. The molecule has 35 heavy (non-hydrogen) atoms. The zero-order valence-corrected chi connectivity index (χ0v) is 18.7. The second-order valence-corrected chi connectivity index (χ2v) is 7.94. The highest BCUT2D eigenvalue weighted by Crippen LogP contribution is 2.35. The van der Waals surface area contributed by atoms with Crippen LogP contribution in [0.3, 0.4) is 0 Å². The van der Waals surface area contributed by atoms with Gasteiger partial charge in [-0.05, 0) is 70.1 Å². The topological polar surface area (TPSA) is 78.4 Å². The molecular weight excluding hydrogens is 457 g/mol. The van der Waals surface area contributed by atoms with Gasteiger partial charge in [0.05, 0.1) is 5.56 Å². The first-order valence-electron chi connectivity index (χ1n) is 11.0. The van der Waals surface area contributed by atoms with Crippen LogP contribution in [0, 0.1) is 0 Å². The van der Waals surface area contributed by atoms with Gasteiger partial charge in [-0.2, -0.15) is 13.2 Å². The van der Waals surface area contributed by atoms with E-state index < -0.39 is 17.6 Å². The molecule has 180 valence electrons. The SMILES string of the molecule is NC(=O)c1ccc2c(-c3ccc(C(F)(F)F)cc3)cccc2c1CCC/C=C/COc1ccon1. The number of alkyl halides is 3. The standard InChI is InChI=1S/C27H23F3N2O3/c28-27(29,30)19-11-9-18(10-12-19)20-7-5-8-21-22(24(26(31)33)14-13-23(20)21)6-3-1-2-4-16-34-25-15-17-35-32-25/h2,4-5,7-15,17H,1,3,6,16H2,(H2,31,33)/b4-2+. The number of allylic oxidation sites excluding steroid dienone is 1. The minimum absolute atomic E-state index is 0.365. The Morgan fingerprint density at radius 3 is 2.49 bits per heavy atom. The van der Waals surface area contributed by atoms with Crippen molar-refractivity contribution in [1.29, 1.82) is 0 Å². The van der Waals surface area contributed by atoms with E-state index in [0.717, 1.165) is 46.9 Å². The van der Waals surface area contributed by atoms with Crippen LogP contribution in [0.4, 0.5) is 13.2 Å². The van der Waals surface area contributed by atoms with E-state index >= 15 is 0 Å². The highest BCUT2D eigenvalue weighted by atomic mass is 19.4. The van der Waals surface area contributed by atoms with Crippen molar-refractivity contribution < 1.29 is 27.2 Å². The van der Waals surface area contributed by atoms with Crippen LogP contribution < -0.4 is 10.5 Å². The Balaban J connectivity index is 1.54. The molecule has 0 aliphatic heterocycles. The fourth-order valence-corrected chi connectivity index (χ4v) is 4.00. The van der Waals surface area contributed by atoms with Gasteiger partial charge >= 0.3 is 6.18 Å². The lowest BCUT2D eigenvalue weighted by Crippen LogP contribution is -2.14. The number of aromatic nitrogens is 1. The first-order chi connectivity index (χ1) is 16.8. The van der Waals surface area contributed by atoms with Crippen molar-refractivity contribution >= 4 is 16.7 Å². The number of rotatable bonds is 9. The minimum Gasteiger partial charge on any atom is -0.471 e. The van der Waals surface area contributed by atoms with Gasteiger partial charge in [0.1, 0.15) is 12.9 Å². The third-order valence-electron chi connectivity index (χ3n) is 5.67. The Labute approximate surface area is 200 Å². The van der Waals surface area contributed by atoms with Gasteiger partial charge in [-0.25, -0.2) is 0 Å². The summed E-state index contributed by atoms with van der Waals surface area (Å²) >= 11 is 0. The van der Waals surface area contributed by atoms with E-state index in [9.17, 15) is 18.0 Å². The van der Waals surface area contributed by atoms with Crippen LogP contribution in [0.1, 0.15) is 34.3 Å². The number of hydrogen-bond donors (Lipinski definition) is 1. The molecule has 0 saturated carbocycles.